The highest BCUT2D eigenvalue weighted by Crippen LogP contribution is 2.36. The topological polar surface area (TPSA) is 79.6 Å². The third-order valence-electron chi connectivity index (χ3n) is 7.11. The highest BCUT2D eigenvalue weighted by atomic mass is 19.1. The minimum Gasteiger partial charge on any atom is -0.355 e. The fourth-order valence-corrected chi connectivity index (χ4v) is 4.93. The smallest absolute Gasteiger partial charge is 0.259 e. The Morgan fingerprint density at radius 2 is 1.77 bits per heavy atom. The Balaban J connectivity index is 1.48. The van der Waals surface area contributed by atoms with Crippen LogP contribution in [0, 0.1) is 18.6 Å². The van der Waals surface area contributed by atoms with Crippen LogP contribution in [0.2, 0.25) is 0 Å². The zero-order valence-corrected chi connectivity index (χ0v) is 21.9. The molecule has 0 aliphatic heterocycles. The SMILES string of the molecule is CNC(=O)c1c(-c2ccc(F)cc2)nn2ccc(-c3cc(C(=O)N(c4ccccn4)C4CC4)ccc3C)c(F)c12. The lowest BCUT2D eigenvalue weighted by molar-refractivity contribution is 0.0962. The maximum Gasteiger partial charge on any atom is 0.259 e. The Kier molecular flexibility index (Phi) is 6.34. The van der Waals surface area contributed by atoms with Gasteiger partial charge in [-0.25, -0.2) is 18.3 Å². The Labute approximate surface area is 229 Å². The van der Waals surface area contributed by atoms with Gasteiger partial charge in [-0.3, -0.25) is 14.5 Å². The molecule has 1 N–H and O–H groups in total. The molecule has 0 radical (unpaired) electrons. The molecule has 1 aliphatic rings. The molecule has 0 atom stereocenters. The van der Waals surface area contributed by atoms with E-state index in [2.05, 4.69) is 15.4 Å². The van der Waals surface area contributed by atoms with E-state index in [-0.39, 0.29) is 34.3 Å². The van der Waals surface area contributed by atoms with E-state index < -0.39 is 17.5 Å². The van der Waals surface area contributed by atoms with E-state index in [1.54, 1.807) is 53.7 Å². The van der Waals surface area contributed by atoms with Gasteiger partial charge in [0.15, 0.2) is 5.82 Å². The van der Waals surface area contributed by atoms with Crippen LogP contribution in [0.4, 0.5) is 14.6 Å². The van der Waals surface area contributed by atoms with Gasteiger partial charge in [0, 0.05) is 42.2 Å². The second kappa shape index (κ2) is 10.00. The lowest BCUT2D eigenvalue weighted by atomic mass is 9.96. The third kappa shape index (κ3) is 4.39. The Morgan fingerprint density at radius 1 is 1.00 bits per heavy atom. The molecule has 9 heteroatoms. The van der Waals surface area contributed by atoms with Crippen molar-refractivity contribution in [3.05, 3.63) is 107 Å². The Bertz CT molecular complexity index is 1760. The summed E-state index contributed by atoms with van der Waals surface area (Å²) in [5.74, 6) is -1.25. The van der Waals surface area contributed by atoms with E-state index in [1.807, 2.05) is 13.0 Å². The van der Waals surface area contributed by atoms with Crippen molar-refractivity contribution in [2.24, 2.45) is 0 Å². The molecule has 0 spiro atoms. The number of amides is 2. The molecule has 1 saturated carbocycles. The molecule has 0 bridgehead atoms. The number of aromatic nitrogens is 3. The van der Waals surface area contributed by atoms with Crippen LogP contribution in [0.5, 0.6) is 0 Å². The number of carbonyl (C=O) groups is 2. The molecule has 5 aromatic rings. The number of hydrogen-bond acceptors (Lipinski definition) is 4. The Morgan fingerprint density at radius 3 is 2.45 bits per heavy atom. The average molecular weight is 538 g/mol. The normalized spacial score (nSPS) is 12.9. The van der Waals surface area contributed by atoms with Crippen LogP contribution in [0.25, 0.3) is 27.9 Å². The van der Waals surface area contributed by atoms with Crippen molar-refractivity contribution in [1.29, 1.82) is 0 Å². The van der Waals surface area contributed by atoms with E-state index in [4.69, 9.17) is 0 Å². The van der Waals surface area contributed by atoms with Crippen LogP contribution in [0.3, 0.4) is 0 Å². The quantitative estimate of drug-likeness (QED) is 0.296. The van der Waals surface area contributed by atoms with Crippen LogP contribution in [0.1, 0.15) is 39.1 Å². The first kappa shape index (κ1) is 25.4. The molecule has 3 aromatic heterocycles. The molecular weight excluding hydrogens is 512 g/mol. The van der Waals surface area contributed by atoms with E-state index >= 15 is 4.39 Å². The lowest BCUT2D eigenvalue weighted by Gasteiger charge is -2.22. The summed E-state index contributed by atoms with van der Waals surface area (Å²) in [5.41, 5.74) is 2.64. The van der Waals surface area contributed by atoms with E-state index in [1.165, 1.54) is 35.8 Å². The van der Waals surface area contributed by atoms with Crippen molar-refractivity contribution in [3.8, 4) is 22.4 Å². The van der Waals surface area contributed by atoms with Crippen LogP contribution in [-0.4, -0.2) is 39.5 Å². The number of pyridine rings is 2. The summed E-state index contributed by atoms with van der Waals surface area (Å²) < 4.78 is 31.2. The number of hydrogen-bond donors (Lipinski definition) is 1. The summed E-state index contributed by atoms with van der Waals surface area (Å²) >= 11 is 0. The van der Waals surface area contributed by atoms with Gasteiger partial charge in [0.1, 0.15) is 22.8 Å². The van der Waals surface area contributed by atoms with Crippen molar-refractivity contribution < 1.29 is 18.4 Å². The molecule has 200 valence electrons. The van der Waals surface area contributed by atoms with E-state index in [9.17, 15) is 14.0 Å². The summed E-state index contributed by atoms with van der Waals surface area (Å²) in [6, 6.07) is 17.8. The maximum atomic E-state index is 16.4. The van der Waals surface area contributed by atoms with Gasteiger partial charge >= 0.3 is 0 Å². The molecule has 1 fully saturated rings. The third-order valence-corrected chi connectivity index (χ3v) is 7.11. The molecule has 40 heavy (non-hydrogen) atoms. The van der Waals surface area contributed by atoms with Crippen LogP contribution in [-0.2, 0) is 0 Å². The van der Waals surface area contributed by atoms with Crippen LogP contribution >= 0.6 is 0 Å². The largest absolute Gasteiger partial charge is 0.355 e. The zero-order valence-electron chi connectivity index (χ0n) is 21.9. The number of halogens is 2. The van der Waals surface area contributed by atoms with Crippen molar-refractivity contribution in [2.45, 2.75) is 25.8 Å². The Hall–Kier alpha value is -4.92. The van der Waals surface area contributed by atoms with Crippen LogP contribution in [0.15, 0.2) is 79.1 Å². The number of benzene rings is 2. The highest BCUT2D eigenvalue weighted by molar-refractivity contribution is 6.08. The first-order chi connectivity index (χ1) is 19.4. The second-order valence-corrected chi connectivity index (χ2v) is 9.77. The predicted octanol–water partition coefficient (Wildman–Crippen LogP) is 5.82. The van der Waals surface area contributed by atoms with E-state index in [0.29, 0.717) is 22.5 Å². The molecule has 0 saturated heterocycles. The number of nitrogens with one attached hydrogen (secondary N) is 1. The highest BCUT2D eigenvalue weighted by Gasteiger charge is 2.35. The fraction of sp³-hybridized carbons (Fsp3) is 0.161. The van der Waals surface area contributed by atoms with Gasteiger partial charge in [-0.1, -0.05) is 12.1 Å². The molecule has 7 nitrogen and oxygen atoms in total. The summed E-state index contributed by atoms with van der Waals surface area (Å²) in [5, 5.41) is 7.01. The van der Waals surface area contributed by atoms with Gasteiger partial charge < -0.3 is 5.32 Å². The van der Waals surface area contributed by atoms with Crippen molar-refractivity contribution >= 4 is 23.1 Å². The van der Waals surface area contributed by atoms with Gasteiger partial charge in [0.05, 0.1) is 5.56 Å². The summed E-state index contributed by atoms with van der Waals surface area (Å²) in [4.78, 5) is 32.7. The molecular formula is C31H25F2N5O2. The second-order valence-electron chi connectivity index (χ2n) is 9.77. The van der Waals surface area contributed by atoms with Gasteiger partial charge in [0.25, 0.3) is 11.8 Å². The summed E-state index contributed by atoms with van der Waals surface area (Å²) in [6.07, 6.45) is 5.02. The minimum atomic E-state index is -0.654. The molecule has 3 heterocycles. The van der Waals surface area contributed by atoms with Crippen molar-refractivity contribution in [1.82, 2.24) is 19.9 Å². The zero-order chi connectivity index (χ0) is 28.0. The lowest BCUT2D eigenvalue weighted by Crippen LogP contribution is -2.33. The predicted molar refractivity (Wildman–Crippen MR) is 148 cm³/mol. The first-order valence-corrected chi connectivity index (χ1v) is 12.9. The molecule has 2 aromatic carbocycles. The number of fused-ring (bicyclic) bond motifs is 1. The van der Waals surface area contributed by atoms with Gasteiger partial charge in [-0.2, -0.15) is 5.10 Å². The molecule has 0 unspecified atom stereocenters. The van der Waals surface area contributed by atoms with E-state index in [0.717, 1.165) is 18.4 Å². The molecule has 2 amide bonds. The van der Waals surface area contributed by atoms with Crippen LogP contribution < -0.4 is 10.2 Å². The number of carbonyl (C=O) groups excluding carboxylic acids is 2. The summed E-state index contributed by atoms with van der Waals surface area (Å²) in [6.45, 7) is 1.84. The maximum absolute atomic E-state index is 16.4. The number of nitrogens with zero attached hydrogens (tertiary/aromatic N) is 4. The fourth-order valence-electron chi connectivity index (χ4n) is 4.93. The van der Waals surface area contributed by atoms with Gasteiger partial charge in [-0.15, -0.1) is 0 Å². The van der Waals surface area contributed by atoms with Crippen molar-refractivity contribution in [2.75, 3.05) is 11.9 Å². The van der Waals surface area contributed by atoms with Crippen molar-refractivity contribution in [3.63, 3.8) is 0 Å². The van der Waals surface area contributed by atoms with Gasteiger partial charge in [0.2, 0.25) is 0 Å². The standard InChI is InChI=1S/C31H25F2N5O2/c1-18-6-7-20(31(40)38(22-12-13-22)25-5-3-4-15-35-25)17-24(18)23-14-16-37-29(27(23)33)26(30(39)34-2)28(36-37)19-8-10-21(32)11-9-19/h3-11,14-17,22H,12-13H2,1-2H3,(H,34,39). The summed E-state index contributed by atoms with van der Waals surface area (Å²) in [7, 11) is 1.45. The average Bonchev–Trinajstić information content (AvgIpc) is 3.72. The minimum absolute atomic E-state index is 0.0135. The number of anilines is 1. The number of rotatable bonds is 6. The first-order valence-electron chi connectivity index (χ1n) is 12.9. The molecule has 1 aliphatic carbocycles. The molecule has 6 rings (SSSR count). The number of aryl methyl sites for hydroxylation is 1. The monoisotopic (exact) mass is 537 g/mol. The van der Waals surface area contributed by atoms with Gasteiger partial charge in [-0.05, 0) is 85.5 Å².